The van der Waals surface area contributed by atoms with Gasteiger partial charge in [0.1, 0.15) is 17.4 Å². The maximum atomic E-state index is 11.5. The average Bonchev–Trinajstić information content (AvgIpc) is 2.55. The van der Waals surface area contributed by atoms with E-state index in [9.17, 15) is 19.8 Å². The van der Waals surface area contributed by atoms with Crippen LogP contribution in [0.1, 0.15) is 5.56 Å². The fourth-order valence-electron chi connectivity index (χ4n) is 2.62. The van der Waals surface area contributed by atoms with Crippen molar-refractivity contribution in [3.8, 4) is 5.75 Å². The first-order valence-corrected chi connectivity index (χ1v) is 7.37. The lowest BCUT2D eigenvalue weighted by Crippen LogP contribution is -2.61. The highest BCUT2D eigenvalue weighted by molar-refractivity contribution is 5.90. The molecule has 5 N–H and O–H groups in total. The molecule has 1 aliphatic heterocycles. The smallest absolute Gasteiger partial charge is 0.346 e. The fourth-order valence-corrected chi connectivity index (χ4v) is 2.62. The number of hydrogen-bond acceptors (Lipinski definition) is 7. The maximum absolute atomic E-state index is 11.5. The van der Waals surface area contributed by atoms with Gasteiger partial charge in [0.2, 0.25) is 6.29 Å². The Morgan fingerprint density at radius 3 is 2.83 bits per heavy atom. The molecular formula is C16H18NO7+. The van der Waals surface area contributed by atoms with Crippen molar-refractivity contribution in [1.82, 2.24) is 0 Å². The molecule has 1 saturated heterocycles. The molecule has 2 unspecified atom stereocenters. The van der Waals surface area contributed by atoms with Crippen molar-refractivity contribution < 1.29 is 28.9 Å². The number of ether oxygens (including phenoxy) is 2. The molecule has 8 nitrogen and oxygen atoms in total. The highest BCUT2D eigenvalue weighted by atomic mass is 16.7. The van der Waals surface area contributed by atoms with Gasteiger partial charge in [0.25, 0.3) is 0 Å². The lowest BCUT2D eigenvalue weighted by Gasteiger charge is -2.33. The second-order valence-corrected chi connectivity index (χ2v) is 5.65. The van der Waals surface area contributed by atoms with Gasteiger partial charge in [0.05, 0.1) is 6.61 Å². The minimum Gasteiger partial charge on any atom is -0.462 e. The molecule has 2 aromatic rings. The number of fused-ring (bicyclic) bond motifs is 1. The van der Waals surface area contributed by atoms with Crippen LogP contribution < -0.4 is 16.1 Å². The first-order chi connectivity index (χ1) is 11.4. The summed E-state index contributed by atoms with van der Waals surface area (Å²) in [7, 11) is 0. The molecule has 1 aromatic heterocycles. The average molecular weight is 336 g/mol. The van der Waals surface area contributed by atoms with Crippen LogP contribution in [0.2, 0.25) is 0 Å². The van der Waals surface area contributed by atoms with Crippen molar-refractivity contribution >= 4 is 16.8 Å². The Labute approximate surface area is 136 Å². The fraction of sp³-hybridized carbons (Fsp3) is 0.375. The molecular weight excluding hydrogens is 318 g/mol. The summed E-state index contributed by atoms with van der Waals surface area (Å²) in [6.07, 6.45) is -3.54. The molecule has 0 amide bonds. The van der Waals surface area contributed by atoms with Gasteiger partial charge >= 0.3 is 11.4 Å². The number of nitrogens with two attached hydrogens (primary N) is 1. The minimum atomic E-state index is -1.39. The zero-order chi connectivity index (χ0) is 17.4. The normalized spacial score (nSPS) is 27.4. The van der Waals surface area contributed by atoms with Crippen molar-refractivity contribution in [3.63, 3.8) is 0 Å². The van der Waals surface area contributed by atoms with Crippen LogP contribution in [0.25, 0.3) is 11.0 Å². The van der Waals surface area contributed by atoms with Gasteiger partial charge in [-0.25, -0.2) is 4.79 Å². The van der Waals surface area contributed by atoms with E-state index in [1.807, 2.05) is 0 Å². The third kappa shape index (κ3) is 2.92. The lowest BCUT2D eigenvalue weighted by molar-refractivity contribution is -0.171. The van der Waals surface area contributed by atoms with Crippen LogP contribution in [-0.4, -0.2) is 51.9 Å². The second-order valence-electron chi connectivity index (χ2n) is 5.65. The predicted molar refractivity (Wildman–Crippen MR) is 84.5 cm³/mol. The molecule has 0 aliphatic carbocycles. The Kier molecular flexibility index (Phi) is 4.37. The standard InChI is InChI=1S/C16H17NO7/c1-7-4-12(19)23-10-5-8(2-3-9(7)10)22-16-13(17)15(21)14(20)11(6-18)24-16/h2-5,11,13-14,16,18,20H,6,17H2,1H3/p+1/t11?,13?,14-,16-/m1/s1. The largest absolute Gasteiger partial charge is 0.462 e. The van der Waals surface area contributed by atoms with E-state index in [0.29, 0.717) is 11.3 Å². The Morgan fingerprint density at radius 1 is 1.38 bits per heavy atom. The van der Waals surface area contributed by atoms with Crippen LogP contribution in [-0.2, 0) is 4.74 Å². The van der Waals surface area contributed by atoms with Crippen LogP contribution in [0.15, 0.2) is 33.5 Å². The SMILES string of the molecule is Cc1cc(=O)oc2cc(O[C@@H]3OC(CO)[C@@H](O)C(=[OH+])C3N)ccc12. The molecule has 2 heterocycles. The van der Waals surface area contributed by atoms with E-state index in [-0.39, 0.29) is 0 Å². The van der Waals surface area contributed by atoms with Crippen molar-refractivity contribution in [3.05, 3.63) is 40.2 Å². The van der Waals surface area contributed by atoms with Gasteiger partial charge in [0.15, 0.2) is 12.1 Å². The van der Waals surface area contributed by atoms with Crippen LogP contribution >= 0.6 is 0 Å². The number of benzene rings is 1. The van der Waals surface area contributed by atoms with Crippen molar-refractivity contribution in [2.75, 3.05) is 6.61 Å². The van der Waals surface area contributed by atoms with Gasteiger partial charge in [-0.3, -0.25) is 4.79 Å². The number of rotatable bonds is 3. The molecule has 0 bridgehead atoms. The molecule has 3 rings (SSSR count). The zero-order valence-corrected chi connectivity index (χ0v) is 12.9. The van der Waals surface area contributed by atoms with Gasteiger partial charge in [-0.05, 0) is 24.6 Å². The summed E-state index contributed by atoms with van der Waals surface area (Å²) in [5, 5.41) is 19.7. The molecule has 1 aromatic carbocycles. The van der Waals surface area contributed by atoms with Gasteiger partial charge in [-0.15, -0.1) is 0 Å². The molecule has 1 fully saturated rings. The Hall–Kier alpha value is -2.26. The summed E-state index contributed by atoms with van der Waals surface area (Å²) in [5.74, 6) is -0.119. The summed E-state index contributed by atoms with van der Waals surface area (Å²) in [4.78, 5) is 21.3. The third-order valence-corrected chi connectivity index (χ3v) is 3.95. The monoisotopic (exact) mass is 336 g/mol. The Bertz CT molecular complexity index is 831. The minimum absolute atomic E-state index is 0.303. The highest BCUT2D eigenvalue weighted by Crippen LogP contribution is 2.25. The van der Waals surface area contributed by atoms with E-state index in [1.165, 1.54) is 12.1 Å². The highest BCUT2D eigenvalue weighted by Gasteiger charge is 2.48. The van der Waals surface area contributed by atoms with Crippen molar-refractivity contribution in [2.24, 2.45) is 5.73 Å². The molecule has 0 saturated carbocycles. The van der Waals surface area contributed by atoms with Crippen LogP contribution in [0.5, 0.6) is 5.75 Å². The molecule has 8 heteroatoms. The van der Waals surface area contributed by atoms with Gasteiger partial charge in [0, 0.05) is 17.5 Å². The first kappa shape index (κ1) is 16.6. The van der Waals surface area contributed by atoms with Crippen molar-refractivity contribution in [2.45, 2.75) is 31.5 Å². The number of aryl methyl sites for hydroxylation is 1. The Balaban J connectivity index is 1.89. The van der Waals surface area contributed by atoms with Crippen LogP contribution in [0.3, 0.4) is 0 Å². The first-order valence-electron chi connectivity index (χ1n) is 7.37. The number of hydrogen-bond donors (Lipinski definition) is 3. The number of aliphatic hydroxyl groups excluding tert-OH is 2. The van der Waals surface area contributed by atoms with E-state index >= 15 is 0 Å². The van der Waals surface area contributed by atoms with E-state index in [4.69, 9.17) is 19.6 Å². The zero-order valence-electron chi connectivity index (χ0n) is 12.9. The predicted octanol–water partition coefficient (Wildman–Crippen LogP) is -0.569. The van der Waals surface area contributed by atoms with E-state index < -0.39 is 42.6 Å². The van der Waals surface area contributed by atoms with Crippen LogP contribution in [0.4, 0.5) is 0 Å². The summed E-state index contributed by atoms with van der Waals surface area (Å²) in [6, 6.07) is 5.17. The summed E-state index contributed by atoms with van der Waals surface area (Å²) in [5.41, 5.74) is 6.42. The van der Waals surface area contributed by atoms with Crippen LogP contribution in [0, 0.1) is 6.92 Å². The number of carbonyl (C=O) groups excluding carboxylic acids is 1. The maximum Gasteiger partial charge on any atom is 0.346 e. The topological polar surface area (TPSA) is 137 Å². The van der Waals surface area contributed by atoms with Gasteiger partial charge < -0.3 is 29.8 Å². The lowest BCUT2D eigenvalue weighted by atomic mass is 10.00. The molecule has 4 atom stereocenters. The third-order valence-electron chi connectivity index (χ3n) is 3.95. The number of ketones is 1. The van der Waals surface area contributed by atoms with E-state index in [0.717, 1.165) is 10.9 Å². The molecule has 24 heavy (non-hydrogen) atoms. The summed E-state index contributed by atoms with van der Waals surface area (Å²) < 4.78 is 16.1. The van der Waals surface area contributed by atoms with Gasteiger partial charge in [-0.1, -0.05) is 0 Å². The van der Waals surface area contributed by atoms with Gasteiger partial charge in [-0.2, -0.15) is 0 Å². The van der Waals surface area contributed by atoms with E-state index in [1.54, 1.807) is 19.1 Å². The summed E-state index contributed by atoms with van der Waals surface area (Å²) >= 11 is 0. The van der Waals surface area contributed by atoms with Crippen molar-refractivity contribution in [1.29, 1.82) is 0 Å². The summed E-state index contributed by atoms with van der Waals surface area (Å²) in [6.45, 7) is 1.28. The van der Waals surface area contributed by atoms with E-state index in [2.05, 4.69) is 0 Å². The Morgan fingerprint density at radius 2 is 2.12 bits per heavy atom. The number of aliphatic hydroxyl groups is 2. The molecule has 0 spiro atoms. The quantitative estimate of drug-likeness (QED) is 0.504. The molecule has 0 radical (unpaired) electrons. The molecule has 128 valence electrons. The molecule has 1 aliphatic rings. The second kappa shape index (κ2) is 6.33.